The van der Waals surface area contributed by atoms with E-state index in [-0.39, 0.29) is 5.69 Å². The number of aromatic carboxylic acids is 1. The number of fused-ring (bicyclic) bond motifs is 1. The fourth-order valence-corrected chi connectivity index (χ4v) is 1.88. The van der Waals surface area contributed by atoms with Crippen molar-refractivity contribution in [1.82, 2.24) is 9.38 Å². The first-order valence-corrected chi connectivity index (χ1v) is 5.13. The van der Waals surface area contributed by atoms with Gasteiger partial charge in [-0.1, -0.05) is 17.5 Å². The highest BCUT2D eigenvalue weighted by Crippen LogP contribution is 2.34. The highest BCUT2D eigenvalue weighted by Gasteiger charge is 2.35. The Kier molecular flexibility index (Phi) is 2.91. The molecule has 0 aliphatic heterocycles. The number of nitrogens with zero attached hydrogens (tertiary/aromatic N) is 2. The van der Waals surface area contributed by atoms with Crippen LogP contribution in [-0.4, -0.2) is 20.5 Å². The van der Waals surface area contributed by atoms with Gasteiger partial charge in [0.15, 0.2) is 11.3 Å². The second kappa shape index (κ2) is 4.17. The Morgan fingerprint density at radius 1 is 1.47 bits per heavy atom. The van der Waals surface area contributed by atoms with Gasteiger partial charge in [-0.15, -0.1) is 6.42 Å². The molecule has 0 saturated carbocycles. The molecule has 0 unspecified atom stereocenters. The van der Waals surface area contributed by atoms with Crippen LogP contribution in [0.15, 0.2) is 12.1 Å². The largest absolute Gasteiger partial charge is 0.476 e. The van der Waals surface area contributed by atoms with Crippen molar-refractivity contribution in [3.63, 3.8) is 0 Å². The standard InChI is InChI=1S/C11H4ClF3N2O2/c1-2-5-3-4-6(11(13,14)15)9-16-7(10(18)19)8(12)17(5)9/h1,3-4H,(H,18,19). The van der Waals surface area contributed by atoms with Gasteiger partial charge in [0, 0.05) is 0 Å². The Hall–Kier alpha value is -2.20. The summed E-state index contributed by atoms with van der Waals surface area (Å²) in [7, 11) is 0. The molecule has 0 amide bonds. The maximum Gasteiger partial charge on any atom is 0.419 e. The van der Waals surface area contributed by atoms with E-state index in [9.17, 15) is 18.0 Å². The molecule has 0 fully saturated rings. The number of rotatable bonds is 1. The molecule has 0 spiro atoms. The molecule has 0 radical (unpaired) electrons. The number of hydrogen-bond acceptors (Lipinski definition) is 2. The van der Waals surface area contributed by atoms with Crippen LogP contribution in [0.5, 0.6) is 0 Å². The molecule has 0 aliphatic rings. The second-order valence-electron chi connectivity index (χ2n) is 3.49. The third kappa shape index (κ3) is 2.00. The number of hydrogen-bond donors (Lipinski definition) is 1. The van der Waals surface area contributed by atoms with Crippen molar-refractivity contribution in [2.75, 3.05) is 0 Å². The monoisotopic (exact) mass is 288 g/mol. The molecule has 0 aliphatic carbocycles. The minimum Gasteiger partial charge on any atom is -0.476 e. The maximum absolute atomic E-state index is 12.8. The average molecular weight is 289 g/mol. The Morgan fingerprint density at radius 3 is 2.58 bits per heavy atom. The fourth-order valence-electron chi connectivity index (χ4n) is 1.58. The van der Waals surface area contributed by atoms with E-state index in [4.69, 9.17) is 23.1 Å². The maximum atomic E-state index is 12.8. The van der Waals surface area contributed by atoms with E-state index in [1.165, 1.54) is 0 Å². The first-order valence-electron chi connectivity index (χ1n) is 4.75. The summed E-state index contributed by atoms with van der Waals surface area (Å²) in [5, 5.41) is 8.36. The third-order valence-corrected chi connectivity index (χ3v) is 2.71. The van der Waals surface area contributed by atoms with Crippen molar-refractivity contribution < 1.29 is 23.1 Å². The molecule has 98 valence electrons. The molecular formula is C11H4ClF3N2O2. The zero-order chi connectivity index (χ0) is 14.4. The number of imidazole rings is 1. The molecule has 2 rings (SSSR count). The second-order valence-corrected chi connectivity index (χ2v) is 3.85. The summed E-state index contributed by atoms with van der Waals surface area (Å²) in [5.74, 6) is 0.583. The van der Waals surface area contributed by atoms with Gasteiger partial charge in [-0.2, -0.15) is 13.2 Å². The zero-order valence-electron chi connectivity index (χ0n) is 8.99. The van der Waals surface area contributed by atoms with E-state index < -0.39 is 34.2 Å². The molecule has 2 heterocycles. The predicted octanol–water partition coefficient (Wildman–Crippen LogP) is 2.69. The summed E-state index contributed by atoms with van der Waals surface area (Å²) >= 11 is 5.71. The summed E-state index contributed by atoms with van der Waals surface area (Å²) in [6.07, 6.45) is 0.448. The number of aromatic nitrogens is 2. The number of carboxylic acid groups (broad SMARTS) is 1. The summed E-state index contributed by atoms with van der Waals surface area (Å²) in [6.45, 7) is 0. The van der Waals surface area contributed by atoms with Crippen LogP contribution >= 0.6 is 11.6 Å². The molecule has 8 heteroatoms. The number of carboxylic acids is 1. The predicted molar refractivity (Wildman–Crippen MR) is 60.1 cm³/mol. The minimum absolute atomic E-state index is 0.0204. The number of halogens is 4. The summed E-state index contributed by atoms with van der Waals surface area (Å²) in [5.41, 5.74) is -2.45. The average Bonchev–Trinajstić information content (AvgIpc) is 2.65. The van der Waals surface area contributed by atoms with Gasteiger partial charge in [-0.25, -0.2) is 9.78 Å². The van der Waals surface area contributed by atoms with Gasteiger partial charge in [0.1, 0.15) is 5.15 Å². The van der Waals surface area contributed by atoms with Gasteiger partial charge in [0.2, 0.25) is 0 Å². The van der Waals surface area contributed by atoms with Crippen molar-refractivity contribution in [3.05, 3.63) is 34.2 Å². The first-order chi connectivity index (χ1) is 8.77. The van der Waals surface area contributed by atoms with Crippen LogP contribution in [0.25, 0.3) is 5.65 Å². The lowest BCUT2D eigenvalue weighted by molar-refractivity contribution is -0.136. The van der Waals surface area contributed by atoms with Gasteiger partial charge in [0.25, 0.3) is 0 Å². The molecule has 1 N–H and O–H groups in total. The Bertz CT molecular complexity index is 728. The molecule has 2 aromatic heterocycles. The molecule has 4 nitrogen and oxygen atoms in total. The summed E-state index contributed by atoms with van der Waals surface area (Å²) < 4.78 is 39.2. The number of alkyl halides is 3. The SMILES string of the molecule is C#Cc1ccc(C(F)(F)F)c2nc(C(=O)O)c(Cl)n12. The van der Waals surface area contributed by atoms with Crippen LogP contribution in [0.1, 0.15) is 21.7 Å². The van der Waals surface area contributed by atoms with Crippen molar-refractivity contribution >= 4 is 23.2 Å². The molecule has 0 atom stereocenters. The van der Waals surface area contributed by atoms with Crippen molar-refractivity contribution in [3.8, 4) is 12.3 Å². The highest BCUT2D eigenvalue weighted by molar-refractivity contribution is 6.32. The third-order valence-electron chi connectivity index (χ3n) is 2.37. The lowest BCUT2D eigenvalue weighted by Gasteiger charge is -2.09. The molecule has 0 aromatic carbocycles. The number of carbonyl (C=O) groups is 1. The quantitative estimate of drug-likeness (QED) is 0.821. The van der Waals surface area contributed by atoms with E-state index in [2.05, 4.69) is 10.9 Å². The summed E-state index contributed by atoms with van der Waals surface area (Å²) in [4.78, 5) is 14.3. The normalized spacial score (nSPS) is 11.5. The highest BCUT2D eigenvalue weighted by atomic mass is 35.5. The summed E-state index contributed by atoms with van der Waals surface area (Å²) in [6, 6.07) is 1.76. The minimum atomic E-state index is -4.70. The Labute approximate surface area is 109 Å². The lowest BCUT2D eigenvalue weighted by atomic mass is 10.2. The van der Waals surface area contributed by atoms with Crippen molar-refractivity contribution in [2.24, 2.45) is 0 Å². The van der Waals surface area contributed by atoms with Crippen LogP contribution in [0, 0.1) is 12.3 Å². The lowest BCUT2D eigenvalue weighted by Crippen LogP contribution is -2.09. The number of pyridine rings is 1. The van der Waals surface area contributed by atoms with E-state index >= 15 is 0 Å². The zero-order valence-corrected chi connectivity index (χ0v) is 9.75. The topological polar surface area (TPSA) is 54.6 Å². The smallest absolute Gasteiger partial charge is 0.419 e. The molecule has 0 bridgehead atoms. The number of terminal acetylenes is 1. The Balaban J connectivity index is 2.96. The van der Waals surface area contributed by atoms with Crippen LogP contribution in [-0.2, 0) is 6.18 Å². The fraction of sp³-hybridized carbons (Fsp3) is 0.0909. The molecule has 19 heavy (non-hydrogen) atoms. The van der Waals surface area contributed by atoms with Crippen molar-refractivity contribution in [2.45, 2.75) is 6.18 Å². The van der Waals surface area contributed by atoms with Gasteiger partial charge < -0.3 is 5.11 Å². The van der Waals surface area contributed by atoms with Gasteiger partial charge >= 0.3 is 12.1 Å². The van der Waals surface area contributed by atoms with Crippen LogP contribution in [0.4, 0.5) is 13.2 Å². The van der Waals surface area contributed by atoms with Crippen molar-refractivity contribution in [1.29, 1.82) is 0 Å². The van der Waals surface area contributed by atoms with E-state index in [0.717, 1.165) is 16.5 Å². The van der Waals surface area contributed by atoms with E-state index in [0.29, 0.717) is 0 Å². The van der Waals surface area contributed by atoms with E-state index in [1.807, 2.05) is 0 Å². The van der Waals surface area contributed by atoms with Crippen LogP contribution < -0.4 is 0 Å². The Morgan fingerprint density at radius 2 is 2.11 bits per heavy atom. The molecular weight excluding hydrogens is 285 g/mol. The molecule has 2 aromatic rings. The first kappa shape index (κ1) is 13.2. The van der Waals surface area contributed by atoms with E-state index in [1.54, 1.807) is 0 Å². The van der Waals surface area contributed by atoms with Gasteiger partial charge in [-0.3, -0.25) is 4.40 Å². The van der Waals surface area contributed by atoms with Gasteiger partial charge in [-0.05, 0) is 12.1 Å². The van der Waals surface area contributed by atoms with Crippen LogP contribution in [0.2, 0.25) is 5.15 Å². The van der Waals surface area contributed by atoms with Gasteiger partial charge in [0.05, 0.1) is 11.3 Å². The molecule has 0 saturated heterocycles. The van der Waals surface area contributed by atoms with Crippen LogP contribution in [0.3, 0.4) is 0 Å².